The molecule has 0 rings (SSSR count). The third-order valence-corrected chi connectivity index (χ3v) is 6.43. The minimum atomic E-state index is -2.27. The number of rotatable bonds is 10. The number of aliphatic hydroxyl groups is 2. The molecule has 0 aliphatic heterocycles. The monoisotopic (exact) mass is 286 g/mol. The first-order valence-corrected chi connectivity index (χ1v) is 10.1. The second-order valence-electron chi connectivity index (χ2n) is 4.14. The Morgan fingerprint density at radius 1 is 0.765 bits per heavy atom. The lowest BCUT2D eigenvalue weighted by Crippen LogP contribution is -2.10. The molecule has 0 aliphatic rings. The molecule has 2 atom stereocenters. The molecule has 17 heavy (non-hydrogen) atoms. The third-order valence-electron chi connectivity index (χ3n) is 2.34. The van der Waals surface area contributed by atoms with Crippen molar-refractivity contribution in [2.24, 2.45) is 0 Å². The molecule has 0 aromatic rings. The zero-order valence-electron chi connectivity index (χ0n) is 10.2. The number of ether oxygens (including phenoxy) is 1. The van der Waals surface area contributed by atoms with Gasteiger partial charge in [-0.25, -0.2) is 0 Å². The van der Waals surface area contributed by atoms with Gasteiger partial charge in [0.25, 0.3) is 0 Å². The maximum atomic E-state index is 9.73. The Morgan fingerprint density at radius 3 is 1.41 bits per heavy atom. The van der Waals surface area contributed by atoms with Gasteiger partial charge in [0, 0.05) is 52.1 Å². The lowest BCUT2D eigenvalue weighted by Gasteiger charge is -2.18. The Kier molecular flexibility index (Phi) is 8.69. The maximum absolute atomic E-state index is 9.73. The highest BCUT2D eigenvalue weighted by Gasteiger charge is 2.11. The summed E-state index contributed by atoms with van der Waals surface area (Å²) in [5, 5.41) is 17.4. The molecular weight excluding hydrogens is 262 g/mol. The molecule has 0 bridgehead atoms. The highest BCUT2D eigenvalue weighted by molar-refractivity contribution is 7.68. The molecule has 4 N–H and O–H groups in total. The summed E-state index contributed by atoms with van der Waals surface area (Å²) in [5.74, 6) is 0. The molecule has 0 saturated carbocycles. The van der Waals surface area contributed by atoms with Gasteiger partial charge in [0.2, 0.25) is 0 Å². The average molecular weight is 286 g/mol. The van der Waals surface area contributed by atoms with Gasteiger partial charge in [-0.15, -0.1) is 0 Å². The molecule has 0 amide bonds. The van der Waals surface area contributed by atoms with Gasteiger partial charge in [0.1, 0.15) is 0 Å². The normalized spacial score (nSPS) is 18.6. The van der Waals surface area contributed by atoms with Crippen molar-refractivity contribution in [1.29, 1.82) is 0 Å². The third kappa shape index (κ3) is 10.0. The van der Waals surface area contributed by atoms with Gasteiger partial charge in [-0.05, 0) is 0 Å². The number of hydrogen-bond donors (Lipinski definition) is 4. The smallest absolute Gasteiger partial charge is 0.0525 e. The van der Waals surface area contributed by atoms with Crippen LogP contribution < -0.4 is 0 Å². The predicted molar refractivity (Wildman–Crippen MR) is 77.0 cm³/mol. The molecule has 0 fully saturated rings. The summed E-state index contributed by atoms with van der Waals surface area (Å²) in [6.07, 6.45) is 8.89. The minimum Gasteiger partial charge on any atom is -0.396 e. The van der Waals surface area contributed by atoms with E-state index in [9.17, 15) is 9.79 Å². The topological polar surface area (TPSA) is 90.2 Å². The van der Waals surface area contributed by atoms with Crippen LogP contribution in [0.3, 0.4) is 0 Å². The molecule has 7 heteroatoms. The summed E-state index contributed by atoms with van der Waals surface area (Å²) >= 11 is 0. The van der Waals surface area contributed by atoms with Crippen molar-refractivity contribution in [2.75, 3.05) is 51.1 Å². The van der Waals surface area contributed by atoms with E-state index in [2.05, 4.69) is 12.6 Å². The molecule has 2 unspecified atom stereocenters. The first-order valence-electron chi connectivity index (χ1n) is 5.51. The summed E-state index contributed by atoms with van der Waals surface area (Å²) in [4.78, 5) is 19.5. The quantitative estimate of drug-likeness (QED) is 0.327. The van der Waals surface area contributed by atoms with Gasteiger partial charge in [0.15, 0.2) is 0 Å². The molecule has 0 saturated heterocycles. The zero-order valence-corrected chi connectivity index (χ0v) is 12.0. The molecule has 0 radical (unpaired) electrons. The SMILES string of the molecule is C=P(O)(CCO)CCOCCP(=C)(O)CCO. The fraction of sp³-hybridized carbons (Fsp3) is 0.800. The van der Waals surface area contributed by atoms with E-state index >= 15 is 0 Å². The van der Waals surface area contributed by atoms with Crippen LogP contribution in [0, 0.1) is 0 Å². The van der Waals surface area contributed by atoms with Crippen molar-refractivity contribution in [3.8, 4) is 0 Å². The number of hydrogen-bond acceptors (Lipinski definition) is 5. The van der Waals surface area contributed by atoms with Gasteiger partial charge >= 0.3 is 0 Å². The highest BCUT2D eigenvalue weighted by Crippen LogP contribution is 2.39. The molecule has 0 spiro atoms. The molecule has 0 aromatic carbocycles. The summed E-state index contributed by atoms with van der Waals surface area (Å²) in [5.41, 5.74) is 0. The van der Waals surface area contributed by atoms with Crippen LogP contribution in [0.1, 0.15) is 0 Å². The Balaban J connectivity index is 3.66. The Labute approximate surface area is 103 Å². The van der Waals surface area contributed by atoms with Crippen molar-refractivity contribution in [2.45, 2.75) is 0 Å². The first kappa shape index (κ1) is 17.4. The Bertz CT molecular complexity index is 264. The second-order valence-corrected chi connectivity index (χ2v) is 10.3. The molecular formula is C10H24O5P2. The van der Waals surface area contributed by atoms with E-state index < -0.39 is 14.2 Å². The van der Waals surface area contributed by atoms with Crippen LogP contribution in [-0.2, 0) is 4.74 Å². The molecule has 5 nitrogen and oxygen atoms in total. The summed E-state index contributed by atoms with van der Waals surface area (Å²) < 4.78 is 5.29. The summed E-state index contributed by atoms with van der Waals surface area (Å²) in [7, 11) is -4.54. The first-order chi connectivity index (χ1) is 7.83. The van der Waals surface area contributed by atoms with Crippen molar-refractivity contribution in [3.05, 3.63) is 0 Å². The lowest BCUT2D eigenvalue weighted by molar-refractivity contribution is 0.163. The van der Waals surface area contributed by atoms with Crippen molar-refractivity contribution >= 4 is 26.8 Å². The van der Waals surface area contributed by atoms with Crippen LogP contribution in [0.15, 0.2) is 0 Å². The van der Waals surface area contributed by atoms with Crippen LogP contribution >= 0.6 is 14.2 Å². The summed E-state index contributed by atoms with van der Waals surface area (Å²) in [6.45, 7) is 0.614. The number of aliphatic hydroxyl groups excluding tert-OH is 2. The average Bonchev–Trinajstić information content (AvgIpc) is 2.16. The van der Waals surface area contributed by atoms with Gasteiger partial charge in [-0.2, -0.15) is 0 Å². The summed E-state index contributed by atoms with van der Waals surface area (Å²) in [6, 6.07) is 0. The van der Waals surface area contributed by atoms with Gasteiger partial charge in [-0.1, -0.05) is 12.6 Å². The predicted octanol–water partition coefficient (Wildman–Crippen LogP) is -0.299. The van der Waals surface area contributed by atoms with Crippen LogP contribution in [0.5, 0.6) is 0 Å². The zero-order chi connectivity index (χ0) is 13.4. The largest absolute Gasteiger partial charge is 0.396 e. The fourth-order valence-corrected chi connectivity index (χ4v) is 3.30. The highest BCUT2D eigenvalue weighted by atomic mass is 31.2. The van der Waals surface area contributed by atoms with Crippen molar-refractivity contribution in [1.82, 2.24) is 0 Å². The molecule has 0 aromatic heterocycles. The van der Waals surface area contributed by atoms with E-state index in [0.29, 0.717) is 37.9 Å². The lowest BCUT2D eigenvalue weighted by atomic mass is 10.8. The van der Waals surface area contributed by atoms with E-state index in [1.165, 1.54) is 0 Å². The Hall–Kier alpha value is 0.400. The van der Waals surface area contributed by atoms with Gasteiger partial charge < -0.3 is 24.7 Å². The van der Waals surface area contributed by atoms with Crippen LogP contribution in [-0.4, -0.2) is 83.7 Å². The maximum Gasteiger partial charge on any atom is 0.0525 e. The van der Waals surface area contributed by atoms with E-state index in [1.54, 1.807) is 0 Å². The Morgan fingerprint density at radius 2 is 1.12 bits per heavy atom. The minimum absolute atomic E-state index is 0.0611. The van der Waals surface area contributed by atoms with Gasteiger partial charge in [0.05, 0.1) is 13.2 Å². The molecule has 104 valence electrons. The molecule has 0 heterocycles. The second kappa shape index (κ2) is 8.49. The van der Waals surface area contributed by atoms with Crippen LogP contribution in [0.25, 0.3) is 0 Å². The standard InChI is InChI=1S/C10H24O5P2/c1-16(13,7-3-11)9-5-15-6-10-17(2,14)8-4-12/h11-14H,1-10H2. The molecule has 0 aliphatic carbocycles. The van der Waals surface area contributed by atoms with Gasteiger partial charge in [-0.3, -0.25) is 0 Å². The van der Waals surface area contributed by atoms with Crippen LogP contribution in [0.2, 0.25) is 0 Å². The van der Waals surface area contributed by atoms with Crippen LogP contribution in [0.4, 0.5) is 0 Å². The van der Waals surface area contributed by atoms with E-state index in [1.807, 2.05) is 0 Å². The van der Waals surface area contributed by atoms with Crippen molar-refractivity contribution < 1.29 is 24.7 Å². The fourth-order valence-electron chi connectivity index (χ4n) is 1.17. The van der Waals surface area contributed by atoms with E-state index in [4.69, 9.17) is 14.9 Å². The van der Waals surface area contributed by atoms with Crippen molar-refractivity contribution in [3.63, 3.8) is 0 Å². The van der Waals surface area contributed by atoms with E-state index in [-0.39, 0.29) is 13.2 Å². The van der Waals surface area contributed by atoms with E-state index in [0.717, 1.165) is 0 Å².